The summed E-state index contributed by atoms with van der Waals surface area (Å²) in [7, 11) is 0. The Hall–Kier alpha value is -3.03. The van der Waals surface area contributed by atoms with Crippen LogP contribution in [0.4, 0.5) is 0 Å². The molecule has 0 radical (unpaired) electrons. The van der Waals surface area contributed by atoms with E-state index in [1.54, 1.807) is 0 Å². The molecule has 3 N–H and O–H groups in total. The Morgan fingerprint density at radius 1 is 1.32 bits per heavy atom. The summed E-state index contributed by atoms with van der Waals surface area (Å²) < 4.78 is 0. The van der Waals surface area contributed by atoms with Crippen LogP contribution in [0.15, 0.2) is 39.0 Å². The Balaban J connectivity index is 1.84. The first-order valence-corrected chi connectivity index (χ1v) is 6.61. The lowest BCUT2D eigenvalue weighted by Crippen LogP contribution is -2.28. The van der Waals surface area contributed by atoms with Crippen molar-refractivity contribution in [3.8, 4) is 0 Å². The van der Waals surface area contributed by atoms with E-state index >= 15 is 0 Å². The van der Waals surface area contributed by atoms with E-state index in [1.165, 1.54) is 6.21 Å². The summed E-state index contributed by atoms with van der Waals surface area (Å²) in [6.45, 7) is 1.98. The van der Waals surface area contributed by atoms with Crippen molar-refractivity contribution in [2.24, 2.45) is 5.10 Å². The number of hydrogen-bond acceptors (Lipinski definition) is 5. The fourth-order valence-corrected chi connectivity index (χ4v) is 1.66. The number of H-pyrrole nitrogens is 2. The molecule has 22 heavy (non-hydrogen) atoms. The molecule has 2 rings (SSSR count). The van der Waals surface area contributed by atoms with Crippen molar-refractivity contribution in [3.63, 3.8) is 0 Å². The third kappa shape index (κ3) is 4.51. The second kappa shape index (κ2) is 7.11. The molecule has 0 aliphatic rings. The van der Waals surface area contributed by atoms with Gasteiger partial charge in [-0.1, -0.05) is 29.8 Å². The quantitative estimate of drug-likeness (QED) is 0.525. The third-order valence-corrected chi connectivity index (χ3v) is 2.85. The molecule has 0 bridgehead atoms. The van der Waals surface area contributed by atoms with E-state index in [9.17, 15) is 14.4 Å². The van der Waals surface area contributed by atoms with Crippen molar-refractivity contribution < 1.29 is 4.79 Å². The van der Waals surface area contributed by atoms with Crippen LogP contribution >= 0.6 is 0 Å². The van der Waals surface area contributed by atoms with Crippen LogP contribution in [0, 0.1) is 6.92 Å². The van der Waals surface area contributed by atoms with Gasteiger partial charge in [0, 0.05) is 12.8 Å². The Morgan fingerprint density at radius 3 is 2.73 bits per heavy atom. The molecule has 114 valence electrons. The summed E-state index contributed by atoms with van der Waals surface area (Å²) in [5.74, 6) is -0.351. The number of nitrogens with one attached hydrogen (secondary N) is 3. The summed E-state index contributed by atoms with van der Waals surface area (Å²) in [5, 5.41) is 9.53. The predicted octanol–water partition coefficient (Wildman–Crippen LogP) is -0.150. The zero-order chi connectivity index (χ0) is 15.9. The van der Waals surface area contributed by atoms with Crippen molar-refractivity contribution in [1.29, 1.82) is 0 Å². The minimum absolute atomic E-state index is 0.0351. The van der Waals surface area contributed by atoms with Crippen LogP contribution in [0.5, 0.6) is 0 Å². The van der Waals surface area contributed by atoms with E-state index in [-0.39, 0.29) is 24.4 Å². The van der Waals surface area contributed by atoms with Gasteiger partial charge in [-0.3, -0.25) is 14.6 Å². The number of hydrazone groups is 1. The van der Waals surface area contributed by atoms with E-state index in [2.05, 4.69) is 20.7 Å². The molecular formula is C14H15N5O3. The van der Waals surface area contributed by atoms with E-state index in [0.717, 1.165) is 11.1 Å². The van der Waals surface area contributed by atoms with Gasteiger partial charge in [0.15, 0.2) is 0 Å². The van der Waals surface area contributed by atoms with Crippen LogP contribution in [0.2, 0.25) is 0 Å². The molecule has 1 aromatic carbocycles. The van der Waals surface area contributed by atoms with Crippen LogP contribution < -0.4 is 16.7 Å². The third-order valence-electron chi connectivity index (χ3n) is 2.85. The average molecular weight is 301 g/mol. The number of aromatic nitrogens is 3. The molecule has 0 aliphatic heterocycles. The molecule has 8 heteroatoms. The van der Waals surface area contributed by atoms with Crippen molar-refractivity contribution in [1.82, 2.24) is 20.6 Å². The smallest absolute Gasteiger partial charge is 0.273 e. The van der Waals surface area contributed by atoms with Crippen molar-refractivity contribution >= 4 is 12.1 Å². The van der Waals surface area contributed by atoms with Crippen LogP contribution in [0.3, 0.4) is 0 Å². The molecule has 2 aromatic rings. The molecular weight excluding hydrogens is 286 g/mol. The number of amides is 1. The first kappa shape index (κ1) is 15.4. The van der Waals surface area contributed by atoms with Crippen molar-refractivity contribution in [3.05, 3.63) is 61.9 Å². The summed E-state index contributed by atoms with van der Waals surface area (Å²) in [6.07, 6.45) is 1.67. The highest BCUT2D eigenvalue weighted by molar-refractivity contribution is 5.82. The number of aryl methyl sites for hydroxylation is 2. The van der Waals surface area contributed by atoms with E-state index in [0.29, 0.717) is 0 Å². The second-order valence-electron chi connectivity index (χ2n) is 4.66. The van der Waals surface area contributed by atoms with E-state index in [4.69, 9.17) is 0 Å². The molecule has 1 amide bonds. The zero-order valence-electron chi connectivity index (χ0n) is 11.9. The SMILES string of the molecule is Cc1ccc(/C=N\NC(=O)CCc2n[nH]c(=O)[nH]c2=O)cc1. The normalized spacial score (nSPS) is 10.8. The highest BCUT2D eigenvalue weighted by Gasteiger charge is 2.06. The molecule has 0 unspecified atom stereocenters. The number of benzene rings is 1. The average Bonchev–Trinajstić information content (AvgIpc) is 2.48. The lowest BCUT2D eigenvalue weighted by atomic mass is 10.2. The van der Waals surface area contributed by atoms with Gasteiger partial charge in [-0.05, 0) is 12.5 Å². The van der Waals surface area contributed by atoms with Gasteiger partial charge in [0.1, 0.15) is 5.69 Å². The number of aromatic amines is 2. The van der Waals surface area contributed by atoms with Gasteiger partial charge >= 0.3 is 5.69 Å². The minimum Gasteiger partial charge on any atom is -0.273 e. The molecule has 0 saturated heterocycles. The van der Waals surface area contributed by atoms with E-state index in [1.807, 2.05) is 36.2 Å². The Kier molecular flexibility index (Phi) is 4.97. The van der Waals surface area contributed by atoms with Gasteiger partial charge < -0.3 is 0 Å². The largest absolute Gasteiger partial charge is 0.342 e. The van der Waals surface area contributed by atoms with Crippen LogP contribution in [0.1, 0.15) is 23.2 Å². The summed E-state index contributed by atoms with van der Waals surface area (Å²) in [6, 6.07) is 7.65. The maximum Gasteiger partial charge on any atom is 0.342 e. The van der Waals surface area contributed by atoms with Gasteiger partial charge in [0.05, 0.1) is 6.21 Å². The fraction of sp³-hybridized carbons (Fsp3) is 0.214. The van der Waals surface area contributed by atoms with Gasteiger partial charge in [-0.25, -0.2) is 15.3 Å². The Labute approximate surface area is 125 Å². The maximum absolute atomic E-state index is 11.6. The molecule has 0 fully saturated rings. The monoisotopic (exact) mass is 301 g/mol. The second-order valence-corrected chi connectivity index (χ2v) is 4.66. The van der Waals surface area contributed by atoms with Gasteiger partial charge in [-0.15, -0.1) is 0 Å². The predicted molar refractivity (Wildman–Crippen MR) is 80.7 cm³/mol. The molecule has 0 spiro atoms. The minimum atomic E-state index is -0.680. The lowest BCUT2D eigenvalue weighted by molar-refractivity contribution is -0.121. The van der Waals surface area contributed by atoms with Crippen LogP contribution in [-0.2, 0) is 11.2 Å². The number of rotatable bonds is 5. The summed E-state index contributed by atoms with van der Waals surface area (Å²) in [4.78, 5) is 35.8. The number of carbonyl (C=O) groups excluding carboxylic acids is 1. The Bertz CT molecular complexity index is 789. The molecule has 1 aromatic heterocycles. The van der Waals surface area contributed by atoms with Gasteiger partial charge in [0.2, 0.25) is 5.91 Å². The maximum atomic E-state index is 11.6. The number of carbonyl (C=O) groups is 1. The lowest BCUT2D eigenvalue weighted by Gasteiger charge is -1.99. The standard InChI is InChI=1S/C14H15N5O3/c1-9-2-4-10(5-3-9)8-15-18-12(20)7-6-11-13(21)16-14(22)19-17-11/h2-5,8H,6-7H2,1H3,(H,18,20)(H2,16,19,21,22)/b15-8-. The van der Waals surface area contributed by atoms with E-state index < -0.39 is 11.2 Å². The molecule has 8 nitrogen and oxygen atoms in total. The summed E-state index contributed by atoms with van der Waals surface area (Å²) >= 11 is 0. The number of nitrogens with zero attached hydrogens (tertiary/aromatic N) is 2. The highest BCUT2D eigenvalue weighted by Crippen LogP contribution is 1.99. The summed E-state index contributed by atoms with van der Waals surface area (Å²) in [5.41, 5.74) is 3.19. The molecule has 1 heterocycles. The highest BCUT2D eigenvalue weighted by atomic mass is 16.2. The van der Waals surface area contributed by atoms with Gasteiger partial charge in [-0.2, -0.15) is 10.2 Å². The van der Waals surface area contributed by atoms with Crippen molar-refractivity contribution in [2.45, 2.75) is 19.8 Å². The van der Waals surface area contributed by atoms with Crippen LogP contribution in [-0.4, -0.2) is 27.3 Å². The molecule has 0 saturated carbocycles. The fourth-order valence-electron chi connectivity index (χ4n) is 1.66. The molecule has 0 aliphatic carbocycles. The first-order valence-electron chi connectivity index (χ1n) is 6.61. The zero-order valence-corrected chi connectivity index (χ0v) is 11.9. The van der Waals surface area contributed by atoms with Crippen molar-refractivity contribution in [2.75, 3.05) is 0 Å². The first-order chi connectivity index (χ1) is 10.5. The Morgan fingerprint density at radius 2 is 2.05 bits per heavy atom. The van der Waals surface area contributed by atoms with Crippen LogP contribution in [0.25, 0.3) is 0 Å². The number of hydrogen-bond donors (Lipinski definition) is 3. The van der Waals surface area contributed by atoms with Gasteiger partial charge in [0.25, 0.3) is 5.56 Å². The topological polar surface area (TPSA) is 120 Å². The molecule has 0 atom stereocenters.